The maximum Gasteiger partial charge on any atom is 0.254 e. The molecule has 4 heteroatoms. The van der Waals surface area contributed by atoms with Crippen LogP contribution in [0.15, 0.2) is 58.5 Å². The molecule has 88 valence electrons. The summed E-state index contributed by atoms with van der Waals surface area (Å²) in [5, 5.41) is 0.266. The first-order valence-electron chi connectivity index (χ1n) is 5.51. The summed E-state index contributed by atoms with van der Waals surface area (Å²) in [5.74, 6) is 0. The molecule has 18 heavy (non-hydrogen) atoms. The lowest BCUT2D eigenvalue weighted by Gasteiger charge is -2.16. The molecular formula is C14H9ClN2O. The van der Waals surface area contributed by atoms with Gasteiger partial charge in [-0.15, -0.1) is 0 Å². The number of carbonyl (C=O) groups is 1. The molecule has 0 aliphatic carbocycles. The molecule has 0 N–H and O–H groups in total. The number of halogens is 1. The van der Waals surface area contributed by atoms with Crippen molar-refractivity contribution < 1.29 is 4.79 Å². The summed E-state index contributed by atoms with van der Waals surface area (Å²) in [6.45, 7) is 0. The molecule has 0 amide bonds. The number of para-hydroxylation sites is 2. The quantitative estimate of drug-likeness (QED) is 0.459. The van der Waals surface area contributed by atoms with Crippen LogP contribution in [0.3, 0.4) is 0 Å². The van der Waals surface area contributed by atoms with Crippen molar-refractivity contribution in [2.24, 2.45) is 9.98 Å². The zero-order chi connectivity index (χ0) is 12.6. The number of benzene rings is 2. The van der Waals surface area contributed by atoms with Crippen molar-refractivity contribution in [3.05, 3.63) is 70.4 Å². The zero-order valence-corrected chi connectivity index (χ0v) is 10.1. The molecule has 2 aromatic carbocycles. The van der Waals surface area contributed by atoms with Gasteiger partial charge < -0.3 is 0 Å². The van der Waals surface area contributed by atoms with Gasteiger partial charge in [-0.1, -0.05) is 48.0 Å². The Labute approximate surface area is 108 Å². The van der Waals surface area contributed by atoms with E-state index in [1.54, 1.807) is 18.2 Å². The molecule has 0 saturated carbocycles. The van der Waals surface area contributed by atoms with Crippen LogP contribution in [-0.2, 0) is 5.12 Å². The lowest BCUT2D eigenvalue weighted by Crippen LogP contribution is -2.19. The summed E-state index contributed by atoms with van der Waals surface area (Å²) in [6, 6.07) is 14.6. The number of carbonyl (C=O) groups excluding carboxylic acids is 1. The Balaban J connectivity index is 2.25. The number of rotatable bonds is 2. The predicted octanol–water partition coefficient (Wildman–Crippen LogP) is 1.80. The Bertz CT molecular complexity index is 704. The minimum atomic E-state index is -1.22. The summed E-state index contributed by atoms with van der Waals surface area (Å²) in [5.41, 5.74) is 1.12. The van der Waals surface area contributed by atoms with Crippen molar-refractivity contribution in [2.75, 3.05) is 0 Å². The molecule has 3 rings (SSSR count). The van der Waals surface area contributed by atoms with Crippen LogP contribution in [-0.4, -0.2) is 6.29 Å². The summed E-state index contributed by atoms with van der Waals surface area (Å²) < 4.78 is 0. The second kappa shape index (κ2) is 4.03. The summed E-state index contributed by atoms with van der Waals surface area (Å²) in [6.07, 6.45) is 0.771. The molecule has 0 radical (unpaired) electrons. The van der Waals surface area contributed by atoms with E-state index in [-0.39, 0.29) is 0 Å². The van der Waals surface area contributed by atoms with Gasteiger partial charge in [0.05, 0.1) is 10.7 Å². The van der Waals surface area contributed by atoms with Gasteiger partial charge in [0.25, 0.3) is 5.12 Å². The highest BCUT2D eigenvalue weighted by Gasteiger charge is 2.32. The van der Waals surface area contributed by atoms with E-state index in [9.17, 15) is 4.79 Å². The minimum absolute atomic E-state index is 0.507. The smallest absolute Gasteiger partial charge is 0.254 e. The van der Waals surface area contributed by atoms with Gasteiger partial charge in [-0.2, -0.15) is 0 Å². The van der Waals surface area contributed by atoms with E-state index < -0.39 is 5.12 Å². The lowest BCUT2D eigenvalue weighted by atomic mass is 10.1. The Hall–Kier alpha value is -2.00. The van der Waals surface area contributed by atoms with E-state index in [1.807, 2.05) is 30.3 Å². The third-order valence-electron chi connectivity index (χ3n) is 2.85. The van der Waals surface area contributed by atoms with Crippen LogP contribution in [0.4, 0.5) is 0 Å². The number of fused-ring (bicyclic) bond motifs is 1. The molecule has 1 heterocycles. The van der Waals surface area contributed by atoms with Crippen molar-refractivity contribution >= 4 is 17.9 Å². The summed E-state index contributed by atoms with van der Waals surface area (Å²) in [4.78, 5) is 19.9. The monoisotopic (exact) mass is 256 g/mol. The van der Waals surface area contributed by atoms with E-state index in [1.165, 1.54) is 0 Å². The SMILES string of the molecule is O=Cc1ccccc1C1(Cl)N=c2ccccc2=N1. The molecule has 0 unspecified atom stereocenters. The Morgan fingerprint density at radius 3 is 2.11 bits per heavy atom. The molecule has 0 aromatic heterocycles. The maximum atomic E-state index is 11.1. The molecule has 1 aliphatic rings. The Kier molecular flexibility index (Phi) is 2.49. The van der Waals surface area contributed by atoms with Crippen LogP contribution >= 0.6 is 11.6 Å². The van der Waals surface area contributed by atoms with E-state index in [2.05, 4.69) is 9.98 Å². The van der Waals surface area contributed by atoms with Gasteiger partial charge in [-0.3, -0.25) is 4.79 Å². The molecule has 3 nitrogen and oxygen atoms in total. The first-order valence-corrected chi connectivity index (χ1v) is 5.89. The van der Waals surface area contributed by atoms with Crippen LogP contribution in [0.25, 0.3) is 0 Å². The first kappa shape index (κ1) is 11.1. The van der Waals surface area contributed by atoms with Crippen LogP contribution < -0.4 is 10.7 Å². The van der Waals surface area contributed by atoms with E-state index >= 15 is 0 Å². The third kappa shape index (κ3) is 1.64. The standard InChI is InChI=1S/C14H9ClN2O/c15-14(11-6-2-1-5-10(11)9-18)16-12-7-3-4-8-13(12)17-14/h1-9H. The van der Waals surface area contributed by atoms with Crippen molar-refractivity contribution in [2.45, 2.75) is 5.12 Å². The van der Waals surface area contributed by atoms with Gasteiger partial charge in [-0.05, 0) is 12.1 Å². The minimum Gasteiger partial charge on any atom is -0.298 e. The van der Waals surface area contributed by atoms with Crippen LogP contribution in [0.5, 0.6) is 0 Å². The van der Waals surface area contributed by atoms with Crippen LogP contribution in [0.2, 0.25) is 0 Å². The fourth-order valence-electron chi connectivity index (χ4n) is 2.01. The van der Waals surface area contributed by atoms with Crippen molar-refractivity contribution in [3.63, 3.8) is 0 Å². The summed E-state index contributed by atoms with van der Waals surface area (Å²) in [7, 11) is 0. The number of nitrogens with zero attached hydrogens (tertiary/aromatic N) is 2. The first-order chi connectivity index (χ1) is 8.73. The summed E-state index contributed by atoms with van der Waals surface area (Å²) >= 11 is 6.45. The maximum absolute atomic E-state index is 11.1. The second-order valence-corrected chi connectivity index (χ2v) is 4.53. The van der Waals surface area contributed by atoms with Gasteiger partial charge >= 0.3 is 0 Å². The average molecular weight is 257 g/mol. The molecule has 1 aliphatic heterocycles. The van der Waals surface area contributed by atoms with Gasteiger partial charge in [0.1, 0.15) is 0 Å². The van der Waals surface area contributed by atoms with E-state index in [0.717, 1.165) is 17.0 Å². The third-order valence-corrected chi connectivity index (χ3v) is 3.22. The molecular weight excluding hydrogens is 248 g/mol. The van der Waals surface area contributed by atoms with Crippen LogP contribution in [0.1, 0.15) is 15.9 Å². The van der Waals surface area contributed by atoms with Crippen molar-refractivity contribution in [1.29, 1.82) is 0 Å². The molecule has 0 saturated heterocycles. The predicted molar refractivity (Wildman–Crippen MR) is 68.1 cm³/mol. The van der Waals surface area contributed by atoms with Gasteiger partial charge in [-0.25, -0.2) is 9.98 Å². The second-order valence-electron chi connectivity index (χ2n) is 4.00. The highest BCUT2D eigenvalue weighted by Crippen LogP contribution is 2.34. The van der Waals surface area contributed by atoms with Gasteiger partial charge in [0.15, 0.2) is 6.29 Å². The average Bonchev–Trinajstić information content (AvgIpc) is 2.76. The Morgan fingerprint density at radius 2 is 1.50 bits per heavy atom. The largest absolute Gasteiger partial charge is 0.298 e. The van der Waals surface area contributed by atoms with Crippen LogP contribution in [0, 0.1) is 0 Å². The molecule has 0 fully saturated rings. The number of aldehydes is 1. The van der Waals surface area contributed by atoms with Crippen molar-refractivity contribution in [1.82, 2.24) is 0 Å². The highest BCUT2D eigenvalue weighted by atomic mass is 35.5. The van der Waals surface area contributed by atoms with E-state index in [4.69, 9.17) is 11.6 Å². The van der Waals surface area contributed by atoms with Gasteiger partial charge in [0, 0.05) is 11.1 Å². The fourth-order valence-corrected chi connectivity index (χ4v) is 2.36. The zero-order valence-electron chi connectivity index (χ0n) is 9.38. The normalized spacial score (nSPS) is 15.4. The van der Waals surface area contributed by atoms with E-state index in [0.29, 0.717) is 11.1 Å². The molecule has 0 atom stereocenters. The number of hydrogen-bond donors (Lipinski definition) is 0. The highest BCUT2D eigenvalue weighted by molar-refractivity contribution is 6.24. The Morgan fingerprint density at radius 1 is 0.944 bits per heavy atom. The topological polar surface area (TPSA) is 41.8 Å². The van der Waals surface area contributed by atoms with Crippen molar-refractivity contribution in [3.8, 4) is 0 Å². The molecule has 0 bridgehead atoms. The number of alkyl halides is 1. The fraction of sp³-hybridized carbons (Fsp3) is 0.0714. The molecule has 0 spiro atoms. The van der Waals surface area contributed by atoms with Gasteiger partial charge in [0.2, 0.25) is 0 Å². The lowest BCUT2D eigenvalue weighted by molar-refractivity contribution is 0.112. The number of hydrogen-bond acceptors (Lipinski definition) is 3. The molecule has 2 aromatic rings.